The van der Waals surface area contributed by atoms with Gasteiger partial charge >= 0.3 is 0 Å². The molecule has 2 N–H and O–H groups in total. The summed E-state index contributed by atoms with van der Waals surface area (Å²) in [5.41, 5.74) is 7.52. The smallest absolute Gasteiger partial charge is 0.269 e. The highest BCUT2D eigenvalue weighted by atomic mass is 16.6. The third kappa shape index (κ3) is 3.23. The molecule has 1 saturated heterocycles. The first-order valence-electron chi connectivity index (χ1n) is 6.72. The highest BCUT2D eigenvalue weighted by Gasteiger charge is 2.25. The Kier molecular flexibility index (Phi) is 4.04. The zero-order valence-electron chi connectivity index (χ0n) is 11.5. The minimum atomic E-state index is -0.371. The number of nitro groups is 1. The van der Waals surface area contributed by atoms with Crippen molar-refractivity contribution < 1.29 is 4.92 Å². The van der Waals surface area contributed by atoms with Crippen LogP contribution in [0.5, 0.6) is 0 Å². The number of likely N-dealkylation sites (tertiary alicyclic amines) is 1. The molecule has 1 aliphatic rings. The van der Waals surface area contributed by atoms with E-state index in [-0.39, 0.29) is 10.6 Å². The molecule has 1 aliphatic heterocycles. The second-order valence-corrected chi connectivity index (χ2v) is 5.67. The molecule has 0 radical (unpaired) electrons. The number of nitrogens with two attached hydrogens (primary N) is 1. The molecule has 5 nitrogen and oxygen atoms in total. The Bertz CT molecular complexity index is 474. The zero-order valence-corrected chi connectivity index (χ0v) is 11.5. The van der Waals surface area contributed by atoms with Gasteiger partial charge in [0.05, 0.1) is 4.92 Å². The molecule has 0 aliphatic carbocycles. The maximum atomic E-state index is 10.8. The van der Waals surface area contributed by atoms with E-state index >= 15 is 0 Å². The largest absolute Gasteiger partial charge is 0.398 e. The molecule has 104 valence electrons. The molecule has 1 fully saturated rings. The molecule has 1 aromatic rings. The molecular formula is C14H21N3O2. The second-order valence-electron chi connectivity index (χ2n) is 5.67. The van der Waals surface area contributed by atoms with E-state index in [0.717, 1.165) is 24.6 Å². The molecule has 0 amide bonds. The van der Waals surface area contributed by atoms with Crippen LogP contribution in [0.4, 0.5) is 11.4 Å². The Morgan fingerprint density at radius 1 is 1.53 bits per heavy atom. The lowest BCUT2D eigenvalue weighted by Crippen LogP contribution is -2.22. The monoisotopic (exact) mass is 263 g/mol. The molecule has 0 aromatic heterocycles. The van der Waals surface area contributed by atoms with Crippen LogP contribution in [0.3, 0.4) is 0 Å². The van der Waals surface area contributed by atoms with E-state index in [1.54, 1.807) is 12.1 Å². The number of anilines is 1. The summed E-state index contributed by atoms with van der Waals surface area (Å²) in [6.07, 6.45) is 1.20. The molecule has 5 heteroatoms. The SMILES string of the molecule is CC(C)C1CCN(Cc2cc([N+](=O)[O-])ccc2N)C1. The van der Waals surface area contributed by atoms with Crippen molar-refractivity contribution in [3.05, 3.63) is 33.9 Å². The summed E-state index contributed by atoms with van der Waals surface area (Å²) >= 11 is 0. The van der Waals surface area contributed by atoms with Gasteiger partial charge in [-0.1, -0.05) is 13.8 Å². The van der Waals surface area contributed by atoms with E-state index in [2.05, 4.69) is 18.7 Å². The van der Waals surface area contributed by atoms with Crippen molar-refractivity contribution in [1.29, 1.82) is 0 Å². The van der Waals surface area contributed by atoms with Gasteiger partial charge in [0.15, 0.2) is 0 Å². The Hall–Kier alpha value is -1.62. The van der Waals surface area contributed by atoms with E-state index in [0.29, 0.717) is 18.2 Å². The summed E-state index contributed by atoms with van der Waals surface area (Å²) in [4.78, 5) is 12.8. The maximum absolute atomic E-state index is 10.8. The van der Waals surface area contributed by atoms with Crippen molar-refractivity contribution in [2.45, 2.75) is 26.8 Å². The predicted molar refractivity (Wildman–Crippen MR) is 75.7 cm³/mol. The summed E-state index contributed by atoms with van der Waals surface area (Å²) in [6.45, 7) is 7.30. The molecule has 1 unspecified atom stereocenters. The van der Waals surface area contributed by atoms with Crippen molar-refractivity contribution in [2.75, 3.05) is 18.8 Å². The van der Waals surface area contributed by atoms with Gasteiger partial charge < -0.3 is 5.73 Å². The standard InChI is InChI=1S/C14H21N3O2/c1-10(2)11-5-6-16(8-11)9-12-7-13(17(18)19)3-4-14(12)15/h3-4,7,10-11H,5-6,8-9,15H2,1-2H3. The van der Waals surface area contributed by atoms with Crippen LogP contribution in [0, 0.1) is 22.0 Å². The number of nitro benzene ring substituents is 1. The fourth-order valence-electron chi connectivity index (χ4n) is 2.63. The third-order valence-electron chi connectivity index (χ3n) is 3.98. The van der Waals surface area contributed by atoms with Crippen molar-refractivity contribution in [3.63, 3.8) is 0 Å². The molecule has 0 spiro atoms. The Labute approximate surface area is 113 Å². The van der Waals surface area contributed by atoms with Crippen LogP contribution in [0.15, 0.2) is 18.2 Å². The lowest BCUT2D eigenvalue weighted by molar-refractivity contribution is -0.384. The number of hydrogen-bond donors (Lipinski definition) is 1. The van der Waals surface area contributed by atoms with Gasteiger partial charge in [0, 0.05) is 30.9 Å². The van der Waals surface area contributed by atoms with Crippen molar-refractivity contribution in [2.24, 2.45) is 11.8 Å². The fourth-order valence-corrected chi connectivity index (χ4v) is 2.63. The normalized spacial score (nSPS) is 20.1. The molecule has 1 atom stereocenters. The quantitative estimate of drug-likeness (QED) is 0.515. The molecule has 0 bridgehead atoms. The minimum absolute atomic E-state index is 0.115. The van der Waals surface area contributed by atoms with Crippen LogP contribution in [-0.4, -0.2) is 22.9 Å². The maximum Gasteiger partial charge on any atom is 0.269 e. The molecule has 1 aromatic carbocycles. The summed E-state index contributed by atoms with van der Waals surface area (Å²) < 4.78 is 0. The molecule has 0 saturated carbocycles. The molecular weight excluding hydrogens is 242 g/mol. The van der Waals surface area contributed by atoms with Crippen LogP contribution in [0.1, 0.15) is 25.8 Å². The topological polar surface area (TPSA) is 72.4 Å². The molecule has 19 heavy (non-hydrogen) atoms. The van der Waals surface area contributed by atoms with Crippen molar-refractivity contribution in [1.82, 2.24) is 4.90 Å². The Balaban J connectivity index is 2.07. The third-order valence-corrected chi connectivity index (χ3v) is 3.98. The van der Waals surface area contributed by atoms with Crippen LogP contribution < -0.4 is 5.73 Å². The van der Waals surface area contributed by atoms with Gasteiger partial charge in [-0.3, -0.25) is 15.0 Å². The number of hydrogen-bond acceptors (Lipinski definition) is 4. The summed E-state index contributed by atoms with van der Waals surface area (Å²) in [5.74, 6) is 1.41. The summed E-state index contributed by atoms with van der Waals surface area (Å²) in [5, 5.41) is 10.8. The van der Waals surface area contributed by atoms with Crippen LogP contribution in [0.2, 0.25) is 0 Å². The summed E-state index contributed by atoms with van der Waals surface area (Å²) in [7, 11) is 0. The van der Waals surface area contributed by atoms with Gasteiger partial charge in [0.2, 0.25) is 0 Å². The van der Waals surface area contributed by atoms with Crippen molar-refractivity contribution >= 4 is 11.4 Å². The number of nitrogens with zero attached hydrogens (tertiary/aromatic N) is 2. The first-order chi connectivity index (χ1) is 8.97. The highest BCUT2D eigenvalue weighted by Crippen LogP contribution is 2.27. The van der Waals surface area contributed by atoms with E-state index in [1.807, 2.05) is 0 Å². The summed E-state index contributed by atoms with van der Waals surface area (Å²) in [6, 6.07) is 4.68. The van der Waals surface area contributed by atoms with Gasteiger partial charge in [-0.2, -0.15) is 0 Å². The number of non-ortho nitro benzene ring substituents is 1. The van der Waals surface area contributed by atoms with Gasteiger partial charge in [-0.25, -0.2) is 0 Å². The van der Waals surface area contributed by atoms with Crippen molar-refractivity contribution in [3.8, 4) is 0 Å². The van der Waals surface area contributed by atoms with Gasteiger partial charge in [0.25, 0.3) is 5.69 Å². The van der Waals surface area contributed by atoms with Gasteiger partial charge in [-0.05, 0) is 36.4 Å². The predicted octanol–water partition coefficient (Wildman–Crippen LogP) is 2.65. The first-order valence-corrected chi connectivity index (χ1v) is 6.72. The van der Waals surface area contributed by atoms with Gasteiger partial charge in [0.1, 0.15) is 0 Å². The second kappa shape index (κ2) is 5.57. The zero-order chi connectivity index (χ0) is 14.0. The minimum Gasteiger partial charge on any atom is -0.398 e. The number of benzene rings is 1. The Morgan fingerprint density at radius 3 is 2.84 bits per heavy atom. The fraction of sp³-hybridized carbons (Fsp3) is 0.571. The van der Waals surface area contributed by atoms with Crippen LogP contribution in [-0.2, 0) is 6.54 Å². The average Bonchev–Trinajstić information content (AvgIpc) is 2.80. The first kappa shape index (κ1) is 13.8. The van der Waals surface area contributed by atoms with E-state index in [4.69, 9.17) is 5.73 Å². The van der Waals surface area contributed by atoms with Gasteiger partial charge in [-0.15, -0.1) is 0 Å². The number of rotatable bonds is 4. The van der Waals surface area contributed by atoms with Crippen LogP contribution >= 0.6 is 0 Å². The van der Waals surface area contributed by atoms with E-state index in [9.17, 15) is 10.1 Å². The average molecular weight is 263 g/mol. The lowest BCUT2D eigenvalue weighted by atomic mass is 9.95. The van der Waals surface area contributed by atoms with Crippen LogP contribution in [0.25, 0.3) is 0 Å². The number of nitrogen functional groups attached to an aromatic ring is 1. The van der Waals surface area contributed by atoms with E-state index in [1.165, 1.54) is 12.5 Å². The van der Waals surface area contributed by atoms with E-state index < -0.39 is 0 Å². The lowest BCUT2D eigenvalue weighted by Gasteiger charge is -2.18. The molecule has 1 heterocycles. The Morgan fingerprint density at radius 2 is 2.26 bits per heavy atom. The molecule has 2 rings (SSSR count). The highest BCUT2D eigenvalue weighted by molar-refractivity contribution is 5.52.